The Kier molecular flexibility index (Phi) is 11.0. The van der Waals surface area contributed by atoms with Gasteiger partial charge in [0.1, 0.15) is 9.88 Å². The van der Waals surface area contributed by atoms with Crippen LogP contribution in [0.5, 0.6) is 0 Å². The Hall–Kier alpha value is -6.36. The van der Waals surface area contributed by atoms with E-state index in [4.69, 9.17) is 15.3 Å². The first kappa shape index (κ1) is 35.5. The molecule has 0 aliphatic heterocycles. The van der Waals surface area contributed by atoms with Crippen molar-refractivity contribution in [1.29, 1.82) is 0 Å². The number of amides is 1. The van der Waals surface area contributed by atoms with Gasteiger partial charge in [0.2, 0.25) is 10.3 Å². The minimum atomic E-state index is -1.04. The molecule has 260 valence electrons. The molecule has 0 bridgehead atoms. The monoisotopic (exact) mass is 773 g/mol. The van der Waals surface area contributed by atoms with Crippen LogP contribution in [0.2, 0.25) is 0 Å². The van der Waals surface area contributed by atoms with Gasteiger partial charge in [-0.1, -0.05) is 29.5 Å². The predicted molar refractivity (Wildman–Crippen MR) is 186 cm³/mol. The van der Waals surface area contributed by atoms with Crippen molar-refractivity contribution >= 4 is 75.0 Å². The number of thiazole rings is 2. The van der Waals surface area contributed by atoms with Gasteiger partial charge in [0.25, 0.3) is 5.91 Å². The first-order valence-corrected chi connectivity index (χ1v) is 17.5. The number of anilines is 1. The zero-order chi connectivity index (χ0) is 36.6. The molecule has 0 radical (unpaired) electrons. The average Bonchev–Trinajstić information content (AvgIpc) is 3.99. The van der Waals surface area contributed by atoms with Gasteiger partial charge < -0.3 is 20.6 Å². The summed E-state index contributed by atoms with van der Waals surface area (Å²) in [6, 6.07) is 21.2. The van der Waals surface area contributed by atoms with E-state index in [1.165, 1.54) is 62.9 Å². The summed E-state index contributed by atoms with van der Waals surface area (Å²) in [6.45, 7) is 0. The highest BCUT2D eigenvalue weighted by atomic mass is 32.2. The highest BCUT2D eigenvalue weighted by Crippen LogP contribution is 2.33. The number of benzene rings is 3. The molecule has 0 saturated carbocycles. The quantitative estimate of drug-likeness (QED) is 0.136. The molecule has 4 aromatic heterocycles. The van der Waals surface area contributed by atoms with Crippen molar-refractivity contribution in [2.75, 3.05) is 5.32 Å². The molecule has 3 aromatic carbocycles. The van der Waals surface area contributed by atoms with Gasteiger partial charge in [-0.05, 0) is 105 Å². The van der Waals surface area contributed by atoms with Crippen LogP contribution in [-0.2, 0) is 0 Å². The highest BCUT2D eigenvalue weighted by molar-refractivity contribution is 8.01. The van der Waals surface area contributed by atoms with Crippen molar-refractivity contribution < 1.29 is 34.5 Å². The number of nitrogens with one attached hydrogen (secondary N) is 1. The van der Waals surface area contributed by atoms with Crippen LogP contribution in [0.3, 0.4) is 0 Å². The van der Waals surface area contributed by atoms with Gasteiger partial charge in [-0.2, -0.15) is 9.36 Å². The molecule has 0 saturated heterocycles. The maximum atomic E-state index is 12.2. The van der Waals surface area contributed by atoms with Crippen LogP contribution in [-0.4, -0.2) is 89.5 Å². The molecular weight excluding hydrogens is 755 g/mol. The van der Waals surface area contributed by atoms with Gasteiger partial charge in [0, 0.05) is 5.56 Å². The number of nitrogens with zero attached hydrogens (tertiary/aromatic N) is 10. The Labute approximate surface area is 307 Å². The number of rotatable bonds is 11. The minimum absolute atomic E-state index is 0.123. The SMILES string of the molecule is O=C(O)c1ccc(-n2nnnc2Sc2ncc(C(=O)O)s2)cc1.O=C(O)c1ccc(-n2nnnc2Sc2ncc(NC(=O)c3ccccc3)s2)cc1. The maximum Gasteiger partial charge on any atom is 0.347 e. The van der Waals surface area contributed by atoms with Gasteiger partial charge in [-0.25, -0.2) is 24.4 Å². The number of hydrogen-bond donors (Lipinski definition) is 4. The average molecular weight is 774 g/mol. The molecule has 1 amide bonds. The fraction of sp³-hybridized carbons (Fsp3) is 0. The molecule has 0 unspecified atom stereocenters. The second kappa shape index (κ2) is 16.1. The summed E-state index contributed by atoms with van der Waals surface area (Å²) in [5.41, 5.74) is 2.09. The van der Waals surface area contributed by atoms with Gasteiger partial charge in [0.15, 0.2) is 8.68 Å². The molecule has 0 spiro atoms. The van der Waals surface area contributed by atoms with Gasteiger partial charge in [-0.3, -0.25) is 4.79 Å². The number of carbonyl (C=O) groups excluding carboxylic acids is 1. The van der Waals surface area contributed by atoms with E-state index in [1.54, 1.807) is 54.7 Å². The van der Waals surface area contributed by atoms with E-state index in [9.17, 15) is 19.2 Å². The van der Waals surface area contributed by atoms with Gasteiger partial charge in [-0.15, -0.1) is 21.5 Å². The van der Waals surface area contributed by atoms with E-state index in [-0.39, 0.29) is 21.9 Å². The van der Waals surface area contributed by atoms with E-state index in [2.05, 4.69) is 46.3 Å². The maximum absolute atomic E-state index is 12.2. The van der Waals surface area contributed by atoms with Gasteiger partial charge >= 0.3 is 17.9 Å². The lowest BCUT2D eigenvalue weighted by Gasteiger charge is -2.03. The number of tetrazole rings is 2. The first-order valence-electron chi connectivity index (χ1n) is 14.3. The van der Waals surface area contributed by atoms with E-state index in [1.807, 2.05) is 6.07 Å². The lowest BCUT2D eigenvalue weighted by Crippen LogP contribution is -2.10. The summed E-state index contributed by atoms with van der Waals surface area (Å²) in [7, 11) is 0. The van der Waals surface area contributed by atoms with Crippen LogP contribution in [0.4, 0.5) is 5.00 Å². The molecule has 52 heavy (non-hydrogen) atoms. The Morgan fingerprint density at radius 1 is 0.596 bits per heavy atom. The zero-order valence-corrected chi connectivity index (χ0v) is 29.0. The van der Waals surface area contributed by atoms with E-state index in [0.717, 1.165) is 23.1 Å². The normalized spacial score (nSPS) is 10.6. The topological polar surface area (TPSA) is 254 Å². The zero-order valence-electron chi connectivity index (χ0n) is 25.7. The Morgan fingerprint density at radius 2 is 1.10 bits per heavy atom. The molecule has 4 heterocycles. The van der Waals surface area contributed by atoms with E-state index >= 15 is 0 Å². The summed E-state index contributed by atoms with van der Waals surface area (Å²) in [5, 5.41) is 54.0. The molecule has 4 N–H and O–H groups in total. The number of hydrogen-bond acceptors (Lipinski definition) is 16. The van der Waals surface area contributed by atoms with Gasteiger partial charge in [0.05, 0.1) is 34.9 Å². The predicted octanol–water partition coefficient (Wildman–Crippen LogP) is 4.89. The number of carboxylic acid groups (broad SMARTS) is 3. The number of aromatic nitrogens is 10. The van der Waals surface area contributed by atoms with Crippen molar-refractivity contribution in [1.82, 2.24) is 50.4 Å². The van der Waals surface area contributed by atoms with Crippen LogP contribution < -0.4 is 5.32 Å². The highest BCUT2D eigenvalue weighted by Gasteiger charge is 2.17. The number of carboxylic acids is 3. The molecule has 22 heteroatoms. The van der Waals surface area contributed by atoms with Crippen molar-refractivity contribution in [2.24, 2.45) is 0 Å². The van der Waals surface area contributed by atoms with Crippen LogP contribution in [0.25, 0.3) is 11.4 Å². The lowest BCUT2D eigenvalue weighted by atomic mass is 10.2. The largest absolute Gasteiger partial charge is 0.478 e. The van der Waals surface area contributed by atoms with Crippen molar-refractivity contribution in [3.63, 3.8) is 0 Å². The molecule has 0 aliphatic carbocycles. The third-order valence-electron chi connectivity index (χ3n) is 6.41. The first-order chi connectivity index (χ1) is 25.1. The summed E-state index contributed by atoms with van der Waals surface area (Å²) >= 11 is 4.67. The Balaban J connectivity index is 0.000000183. The Bertz CT molecular complexity index is 2360. The van der Waals surface area contributed by atoms with Crippen LogP contribution in [0.15, 0.2) is 110 Å². The van der Waals surface area contributed by atoms with Crippen molar-refractivity contribution in [2.45, 2.75) is 19.0 Å². The third-order valence-corrected chi connectivity index (χ3v) is 10.3. The molecule has 0 atom stereocenters. The molecular formula is C30H19N11O7S4. The number of aromatic carboxylic acids is 3. The lowest BCUT2D eigenvalue weighted by molar-refractivity contribution is 0.0686. The Morgan fingerprint density at radius 3 is 1.58 bits per heavy atom. The van der Waals surface area contributed by atoms with Crippen LogP contribution in [0, 0.1) is 0 Å². The van der Waals surface area contributed by atoms with Crippen LogP contribution in [0.1, 0.15) is 40.7 Å². The molecule has 0 fully saturated rings. The van der Waals surface area contributed by atoms with Crippen LogP contribution >= 0.6 is 46.2 Å². The summed E-state index contributed by atoms with van der Waals surface area (Å²) in [6.07, 6.45) is 2.84. The van der Waals surface area contributed by atoms with E-state index in [0.29, 0.717) is 40.9 Å². The van der Waals surface area contributed by atoms with Crippen molar-refractivity contribution in [3.8, 4) is 11.4 Å². The molecule has 0 aliphatic rings. The fourth-order valence-corrected chi connectivity index (χ4v) is 7.48. The second-order valence-electron chi connectivity index (χ2n) is 9.76. The second-order valence-corrected chi connectivity index (χ2v) is 14.3. The summed E-state index contributed by atoms with van der Waals surface area (Å²) in [4.78, 5) is 53.4. The number of carbonyl (C=O) groups is 4. The molecule has 7 rings (SSSR count). The summed E-state index contributed by atoms with van der Waals surface area (Å²) < 4.78 is 4.03. The fourth-order valence-electron chi connectivity index (χ4n) is 4.00. The smallest absolute Gasteiger partial charge is 0.347 e. The molecule has 18 nitrogen and oxygen atoms in total. The minimum Gasteiger partial charge on any atom is -0.478 e. The van der Waals surface area contributed by atoms with E-state index < -0.39 is 17.9 Å². The third kappa shape index (κ3) is 8.67. The van der Waals surface area contributed by atoms with Crippen molar-refractivity contribution in [3.05, 3.63) is 113 Å². The summed E-state index contributed by atoms with van der Waals surface area (Å²) in [5.74, 6) is -3.28. The molecule has 7 aromatic rings. The standard InChI is InChI=1S/C18H12N6O3S2.C12H7N5O4S2/c25-15(11-4-2-1-3-5-11)20-14-10-19-18(28-14)29-17-21-22-23-24(17)13-8-6-12(7-9-13)16(26)27;18-9(19)6-1-3-7(4-2-6)17-11(14-15-16-17)23-12-13-5-8(22-12)10(20)21/h1-10H,(H,20,25)(H,26,27);1-5H,(H,18,19)(H,20,21).